The average Bonchev–Trinajstić information content (AvgIpc) is 3.38. The minimum atomic E-state index is -0.239. The number of rotatable bonds is 5. The standard InChI is InChI=1S/C17H16FN5S/c1-24-17-19-8-13(9-20-17)16-21-15(12-4-5-12)22-23(16)10-11-2-6-14(18)7-3-11/h2-3,6-9,12H,4-5,10H2,1H3. The summed E-state index contributed by atoms with van der Waals surface area (Å²) >= 11 is 1.50. The van der Waals surface area contributed by atoms with Crippen LogP contribution < -0.4 is 0 Å². The molecule has 122 valence electrons. The zero-order chi connectivity index (χ0) is 16.5. The molecule has 0 spiro atoms. The lowest BCUT2D eigenvalue weighted by molar-refractivity contribution is 0.624. The van der Waals surface area contributed by atoms with Gasteiger partial charge in [-0.1, -0.05) is 23.9 Å². The fourth-order valence-electron chi connectivity index (χ4n) is 2.50. The molecule has 0 aliphatic heterocycles. The quantitative estimate of drug-likeness (QED) is 0.525. The van der Waals surface area contributed by atoms with E-state index in [0.29, 0.717) is 12.5 Å². The Balaban J connectivity index is 1.69. The van der Waals surface area contributed by atoms with Crippen molar-refractivity contribution in [2.45, 2.75) is 30.5 Å². The van der Waals surface area contributed by atoms with Crippen molar-refractivity contribution in [3.05, 3.63) is 53.9 Å². The van der Waals surface area contributed by atoms with Gasteiger partial charge in [-0.25, -0.2) is 24.0 Å². The molecule has 1 aromatic carbocycles. The van der Waals surface area contributed by atoms with Gasteiger partial charge in [0, 0.05) is 18.3 Å². The lowest BCUT2D eigenvalue weighted by atomic mass is 10.2. The van der Waals surface area contributed by atoms with Crippen LogP contribution in [0.25, 0.3) is 11.4 Å². The predicted molar refractivity (Wildman–Crippen MR) is 90.3 cm³/mol. The van der Waals surface area contributed by atoms with E-state index in [9.17, 15) is 4.39 Å². The van der Waals surface area contributed by atoms with E-state index in [1.165, 1.54) is 23.9 Å². The van der Waals surface area contributed by atoms with Crippen LogP contribution in [0.1, 0.15) is 30.1 Å². The molecule has 7 heteroatoms. The second kappa shape index (κ2) is 6.32. The molecule has 0 unspecified atom stereocenters. The number of hydrogen-bond acceptors (Lipinski definition) is 5. The molecule has 5 nitrogen and oxygen atoms in total. The van der Waals surface area contributed by atoms with Gasteiger partial charge in [0.25, 0.3) is 0 Å². The van der Waals surface area contributed by atoms with Gasteiger partial charge in [0.2, 0.25) is 0 Å². The monoisotopic (exact) mass is 341 g/mol. The summed E-state index contributed by atoms with van der Waals surface area (Å²) in [7, 11) is 0. The molecule has 0 saturated heterocycles. The molecule has 0 amide bonds. The highest BCUT2D eigenvalue weighted by atomic mass is 32.2. The van der Waals surface area contributed by atoms with E-state index < -0.39 is 0 Å². The molecule has 4 rings (SSSR count). The second-order valence-electron chi connectivity index (χ2n) is 5.81. The van der Waals surface area contributed by atoms with E-state index >= 15 is 0 Å². The van der Waals surface area contributed by atoms with Crippen LogP contribution in [0.3, 0.4) is 0 Å². The summed E-state index contributed by atoms with van der Waals surface area (Å²) in [5, 5.41) is 5.39. The van der Waals surface area contributed by atoms with Crippen molar-refractivity contribution in [1.82, 2.24) is 24.7 Å². The maximum absolute atomic E-state index is 13.1. The minimum absolute atomic E-state index is 0.239. The Morgan fingerprint density at radius 2 is 1.88 bits per heavy atom. The summed E-state index contributed by atoms with van der Waals surface area (Å²) in [4.78, 5) is 13.4. The summed E-state index contributed by atoms with van der Waals surface area (Å²) in [6, 6.07) is 6.46. The van der Waals surface area contributed by atoms with Gasteiger partial charge in [-0.15, -0.1) is 0 Å². The lowest BCUT2D eigenvalue weighted by Crippen LogP contribution is -2.05. The van der Waals surface area contributed by atoms with Gasteiger partial charge in [-0.2, -0.15) is 5.10 Å². The van der Waals surface area contributed by atoms with Crippen molar-refractivity contribution in [3.63, 3.8) is 0 Å². The predicted octanol–water partition coefficient (Wildman–Crippen LogP) is 3.52. The van der Waals surface area contributed by atoms with E-state index in [2.05, 4.69) is 15.1 Å². The molecule has 24 heavy (non-hydrogen) atoms. The van der Waals surface area contributed by atoms with Gasteiger partial charge >= 0.3 is 0 Å². The Hall–Kier alpha value is -2.28. The Labute approximate surface area is 143 Å². The van der Waals surface area contributed by atoms with Crippen molar-refractivity contribution in [2.75, 3.05) is 6.26 Å². The Bertz CT molecular complexity index is 840. The number of nitrogens with zero attached hydrogens (tertiary/aromatic N) is 5. The topological polar surface area (TPSA) is 56.5 Å². The van der Waals surface area contributed by atoms with Crippen LogP contribution in [0, 0.1) is 5.82 Å². The van der Waals surface area contributed by atoms with E-state index in [1.807, 2.05) is 10.9 Å². The highest BCUT2D eigenvalue weighted by molar-refractivity contribution is 7.98. The highest BCUT2D eigenvalue weighted by Crippen LogP contribution is 2.39. The Morgan fingerprint density at radius 1 is 1.17 bits per heavy atom. The van der Waals surface area contributed by atoms with Gasteiger partial charge in [0.05, 0.1) is 12.1 Å². The third kappa shape index (κ3) is 3.17. The Kier molecular flexibility index (Phi) is 4.02. The third-order valence-electron chi connectivity index (χ3n) is 3.95. The van der Waals surface area contributed by atoms with E-state index in [1.54, 1.807) is 24.5 Å². The smallest absolute Gasteiger partial charge is 0.187 e. The summed E-state index contributed by atoms with van der Waals surface area (Å²) in [5.74, 6) is 1.86. The van der Waals surface area contributed by atoms with Crippen LogP contribution in [-0.2, 0) is 6.54 Å². The van der Waals surface area contributed by atoms with Crippen molar-refractivity contribution < 1.29 is 4.39 Å². The molecular weight excluding hydrogens is 325 g/mol. The normalized spacial score (nSPS) is 14.1. The molecule has 1 fully saturated rings. The first-order chi connectivity index (χ1) is 11.7. The molecule has 1 aliphatic carbocycles. The Morgan fingerprint density at radius 3 is 2.50 bits per heavy atom. The van der Waals surface area contributed by atoms with Crippen LogP contribution in [0.5, 0.6) is 0 Å². The molecule has 0 bridgehead atoms. The molecular formula is C17H16FN5S. The number of hydrogen-bond donors (Lipinski definition) is 0. The van der Waals surface area contributed by atoms with Crippen LogP contribution in [-0.4, -0.2) is 31.0 Å². The van der Waals surface area contributed by atoms with E-state index in [4.69, 9.17) is 4.98 Å². The molecule has 0 radical (unpaired) electrons. The molecule has 3 aromatic rings. The maximum Gasteiger partial charge on any atom is 0.187 e. The maximum atomic E-state index is 13.1. The average molecular weight is 341 g/mol. The number of aromatic nitrogens is 5. The van der Waals surface area contributed by atoms with E-state index in [0.717, 1.165) is 40.8 Å². The van der Waals surface area contributed by atoms with E-state index in [-0.39, 0.29) is 5.82 Å². The number of halogens is 1. The number of thioether (sulfide) groups is 1. The first-order valence-electron chi connectivity index (χ1n) is 7.78. The van der Waals surface area contributed by atoms with Crippen LogP contribution >= 0.6 is 11.8 Å². The van der Waals surface area contributed by atoms with Crippen molar-refractivity contribution in [3.8, 4) is 11.4 Å². The molecule has 1 aliphatic rings. The van der Waals surface area contributed by atoms with Crippen molar-refractivity contribution in [1.29, 1.82) is 0 Å². The zero-order valence-corrected chi connectivity index (χ0v) is 14.0. The highest BCUT2D eigenvalue weighted by Gasteiger charge is 2.29. The molecule has 2 heterocycles. The van der Waals surface area contributed by atoms with Crippen LogP contribution in [0.2, 0.25) is 0 Å². The lowest BCUT2D eigenvalue weighted by Gasteiger charge is -2.06. The van der Waals surface area contributed by atoms with Crippen molar-refractivity contribution in [2.24, 2.45) is 0 Å². The summed E-state index contributed by atoms with van der Waals surface area (Å²) in [6.45, 7) is 0.541. The molecule has 2 aromatic heterocycles. The van der Waals surface area contributed by atoms with Crippen LogP contribution in [0.15, 0.2) is 41.8 Å². The second-order valence-corrected chi connectivity index (χ2v) is 6.58. The first kappa shape index (κ1) is 15.3. The van der Waals surface area contributed by atoms with Crippen LogP contribution in [0.4, 0.5) is 4.39 Å². The van der Waals surface area contributed by atoms with Gasteiger partial charge in [-0.3, -0.25) is 0 Å². The summed E-state index contributed by atoms with van der Waals surface area (Å²) in [6.07, 6.45) is 7.78. The van der Waals surface area contributed by atoms with Gasteiger partial charge in [0.15, 0.2) is 16.8 Å². The summed E-state index contributed by atoms with van der Waals surface area (Å²) in [5.41, 5.74) is 1.82. The SMILES string of the molecule is CSc1ncc(-c2nc(C3CC3)nn2Cc2ccc(F)cc2)cn1. The molecule has 0 N–H and O–H groups in total. The third-order valence-corrected chi connectivity index (χ3v) is 4.52. The largest absolute Gasteiger partial charge is 0.241 e. The first-order valence-corrected chi connectivity index (χ1v) is 9.01. The molecule has 0 atom stereocenters. The fraction of sp³-hybridized carbons (Fsp3) is 0.294. The minimum Gasteiger partial charge on any atom is -0.241 e. The van der Waals surface area contributed by atoms with Crippen molar-refractivity contribution >= 4 is 11.8 Å². The fourth-order valence-corrected chi connectivity index (χ4v) is 2.81. The van der Waals surface area contributed by atoms with Gasteiger partial charge in [0.1, 0.15) is 5.82 Å². The summed E-state index contributed by atoms with van der Waals surface area (Å²) < 4.78 is 15.0. The van der Waals surface area contributed by atoms with Gasteiger partial charge in [-0.05, 0) is 36.8 Å². The number of benzene rings is 1. The zero-order valence-electron chi connectivity index (χ0n) is 13.2. The molecule has 1 saturated carbocycles. The van der Waals surface area contributed by atoms with Gasteiger partial charge < -0.3 is 0 Å².